The molecule has 1 amide bonds. The molecule has 1 heterocycles. The summed E-state index contributed by atoms with van der Waals surface area (Å²) >= 11 is 0. The van der Waals surface area contributed by atoms with Crippen LogP contribution in [0.1, 0.15) is 20.8 Å². The number of ether oxygens (including phenoxy) is 1. The number of amides is 1. The van der Waals surface area contributed by atoms with Gasteiger partial charge in [-0.25, -0.2) is 9.18 Å². The average molecular weight is 293 g/mol. The molecule has 1 aromatic heterocycles. The predicted octanol–water partition coefficient (Wildman–Crippen LogP) is 3.41. The van der Waals surface area contributed by atoms with Crippen LogP contribution in [-0.2, 0) is 4.74 Å². The van der Waals surface area contributed by atoms with E-state index in [2.05, 4.69) is 10.5 Å². The first-order chi connectivity index (χ1) is 9.74. The third-order valence-corrected chi connectivity index (χ3v) is 2.41. The number of hydrogen-bond acceptors (Lipinski definition) is 5. The van der Waals surface area contributed by atoms with Gasteiger partial charge in [0.1, 0.15) is 11.4 Å². The van der Waals surface area contributed by atoms with Crippen molar-refractivity contribution in [2.24, 2.45) is 0 Å². The van der Waals surface area contributed by atoms with E-state index in [1.54, 1.807) is 20.8 Å². The summed E-state index contributed by atoms with van der Waals surface area (Å²) in [6.45, 7) is 5.22. The second kappa shape index (κ2) is 5.43. The van der Waals surface area contributed by atoms with Gasteiger partial charge in [-0.05, 0) is 39.0 Å². The van der Waals surface area contributed by atoms with Crippen LogP contribution >= 0.6 is 0 Å². The smallest absolute Gasteiger partial charge is 0.412 e. The molecule has 0 saturated carbocycles. The fourth-order valence-corrected chi connectivity index (χ4v) is 1.63. The fourth-order valence-electron chi connectivity index (χ4n) is 1.63. The SMILES string of the molecule is CC(C)(C)OC(=O)Nc1ccc(-c2cc(N)no2)c(F)c1. The van der Waals surface area contributed by atoms with Crippen LogP contribution in [0.4, 0.5) is 20.7 Å². The molecule has 21 heavy (non-hydrogen) atoms. The molecule has 0 unspecified atom stereocenters. The molecule has 0 spiro atoms. The topological polar surface area (TPSA) is 90.4 Å². The second-order valence-electron chi connectivity index (χ2n) is 5.44. The number of rotatable bonds is 2. The standard InChI is InChI=1S/C14H16FN3O3/c1-14(2,3)20-13(19)17-8-4-5-9(10(15)6-8)11-7-12(16)18-21-11/h4-7H,1-3H3,(H2,16,18)(H,17,19). The van der Waals surface area contributed by atoms with Crippen molar-refractivity contribution in [2.45, 2.75) is 26.4 Å². The number of nitrogens with one attached hydrogen (secondary N) is 1. The highest BCUT2D eigenvalue weighted by atomic mass is 19.1. The fraction of sp³-hybridized carbons (Fsp3) is 0.286. The second-order valence-corrected chi connectivity index (χ2v) is 5.44. The number of aromatic nitrogens is 1. The lowest BCUT2D eigenvalue weighted by atomic mass is 10.1. The van der Waals surface area contributed by atoms with Crippen molar-refractivity contribution >= 4 is 17.6 Å². The predicted molar refractivity (Wildman–Crippen MR) is 76.2 cm³/mol. The zero-order valence-corrected chi connectivity index (χ0v) is 11.9. The average Bonchev–Trinajstić information content (AvgIpc) is 2.73. The molecule has 0 fully saturated rings. The van der Waals surface area contributed by atoms with E-state index in [1.165, 1.54) is 18.2 Å². The summed E-state index contributed by atoms with van der Waals surface area (Å²) in [5, 5.41) is 5.94. The molecule has 0 aliphatic heterocycles. The van der Waals surface area contributed by atoms with Crippen molar-refractivity contribution < 1.29 is 18.4 Å². The third-order valence-electron chi connectivity index (χ3n) is 2.41. The highest BCUT2D eigenvalue weighted by Crippen LogP contribution is 2.26. The number of halogens is 1. The van der Waals surface area contributed by atoms with Gasteiger partial charge in [0.2, 0.25) is 0 Å². The third kappa shape index (κ3) is 3.95. The molecule has 0 saturated heterocycles. The molecule has 0 radical (unpaired) electrons. The Morgan fingerprint density at radius 2 is 2.10 bits per heavy atom. The van der Waals surface area contributed by atoms with Gasteiger partial charge in [-0.3, -0.25) is 5.32 Å². The van der Waals surface area contributed by atoms with Crippen molar-refractivity contribution in [3.05, 3.63) is 30.1 Å². The zero-order chi connectivity index (χ0) is 15.6. The Labute approximate surface area is 121 Å². The van der Waals surface area contributed by atoms with Gasteiger partial charge in [0.15, 0.2) is 11.6 Å². The van der Waals surface area contributed by atoms with Crippen molar-refractivity contribution in [1.29, 1.82) is 0 Å². The molecular formula is C14H16FN3O3. The largest absolute Gasteiger partial charge is 0.444 e. The van der Waals surface area contributed by atoms with Crippen LogP contribution < -0.4 is 11.1 Å². The molecule has 2 aromatic rings. The molecule has 7 heteroatoms. The quantitative estimate of drug-likeness (QED) is 0.885. The van der Waals surface area contributed by atoms with Gasteiger partial charge in [0.25, 0.3) is 0 Å². The monoisotopic (exact) mass is 293 g/mol. The van der Waals surface area contributed by atoms with Crippen LogP contribution in [0.3, 0.4) is 0 Å². The maximum absolute atomic E-state index is 14.0. The van der Waals surface area contributed by atoms with E-state index < -0.39 is 17.5 Å². The van der Waals surface area contributed by atoms with Crippen LogP contribution in [0.5, 0.6) is 0 Å². The Bertz CT molecular complexity index is 662. The van der Waals surface area contributed by atoms with Crippen molar-refractivity contribution in [1.82, 2.24) is 5.16 Å². The summed E-state index contributed by atoms with van der Waals surface area (Å²) < 4.78 is 24.0. The summed E-state index contributed by atoms with van der Waals surface area (Å²) in [7, 11) is 0. The molecule has 0 aliphatic rings. The van der Waals surface area contributed by atoms with Crippen LogP contribution in [0, 0.1) is 5.82 Å². The highest BCUT2D eigenvalue weighted by Gasteiger charge is 2.17. The molecule has 6 nitrogen and oxygen atoms in total. The Morgan fingerprint density at radius 3 is 2.62 bits per heavy atom. The van der Waals surface area contributed by atoms with Crippen molar-refractivity contribution in [3.63, 3.8) is 0 Å². The zero-order valence-electron chi connectivity index (χ0n) is 11.9. The van der Waals surface area contributed by atoms with Gasteiger partial charge in [-0.15, -0.1) is 0 Å². The van der Waals surface area contributed by atoms with Crippen LogP contribution in [0.25, 0.3) is 11.3 Å². The molecule has 0 aliphatic carbocycles. The van der Waals surface area contributed by atoms with E-state index in [4.69, 9.17) is 15.0 Å². The first-order valence-electron chi connectivity index (χ1n) is 6.27. The molecule has 112 valence electrons. The minimum absolute atomic E-state index is 0.167. The number of hydrogen-bond donors (Lipinski definition) is 2. The Kier molecular flexibility index (Phi) is 3.84. The van der Waals surface area contributed by atoms with Gasteiger partial charge in [0.05, 0.1) is 5.56 Å². The van der Waals surface area contributed by atoms with Gasteiger partial charge < -0.3 is 15.0 Å². The minimum atomic E-state index is -0.654. The lowest BCUT2D eigenvalue weighted by Gasteiger charge is -2.19. The summed E-state index contributed by atoms with van der Waals surface area (Å²) in [6.07, 6.45) is -0.654. The van der Waals surface area contributed by atoms with Gasteiger partial charge in [-0.2, -0.15) is 0 Å². The number of anilines is 2. The maximum Gasteiger partial charge on any atom is 0.412 e. The van der Waals surface area contributed by atoms with Crippen LogP contribution in [0.2, 0.25) is 0 Å². The molecule has 1 aromatic carbocycles. The normalized spacial score (nSPS) is 11.2. The van der Waals surface area contributed by atoms with Gasteiger partial charge in [-0.1, -0.05) is 5.16 Å². The number of carbonyl (C=O) groups is 1. The minimum Gasteiger partial charge on any atom is -0.444 e. The van der Waals surface area contributed by atoms with Gasteiger partial charge in [0, 0.05) is 11.8 Å². The maximum atomic E-state index is 14.0. The Morgan fingerprint density at radius 1 is 1.38 bits per heavy atom. The number of nitrogens with two attached hydrogens (primary N) is 1. The molecule has 0 atom stereocenters. The van der Waals surface area contributed by atoms with Crippen LogP contribution in [-0.4, -0.2) is 16.9 Å². The Balaban J connectivity index is 2.14. The first-order valence-corrected chi connectivity index (χ1v) is 6.27. The van der Waals surface area contributed by atoms with E-state index >= 15 is 0 Å². The summed E-state index contributed by atoms with van der Waals surface area (Å²) in [5.41, 5.74) is 5.27. The molecular weight excluding hydrogens is 277 g/mol. The summed E-state index contributed by atoms with van der Waals surface area (Å²) in [6, 6.07) is 5.57. The lowest BCUT2D eigenvalue weighted by molar-refractivity contribution is 0.0636. The van der Waals surface area contributed by atoms with E-state index in [1.807, 2.05) is 0 Å². The highest BCUT2D eigenvalue weighted by molar-refractivity contribution is 5.85. The Hall–Kier alpha value is -2.57. The summed E-state index contributed by atoms with van der Waals surface area (Å²) in [5.74, 6) is -0.186. The van der Waals surface area contributed by atoms with Gasteiger partial charge >= 0.3 is 6.09 Å². The molecule has 2 rings (SSSR count). The van der Waals surface area contributed by atoms with Crippen molar-refractivity contribution in [3.8, 4) is 11.3 Å². The van der Waals surface area contributed by atoms with Crippen molar-refractivity contribution in [2.75, 3.05) is 11.1 Å². The number of nitrogen functional groups attached to an aromatic ring is 1. The van der Waals surface area contributed by atoms with E-state index in [9.17, 15) is 9.18 Å². The van der Waals surface area contributed by atoms with E-state index in [0.717, 1.165) is 6.07 Å². The first kappa shape index (κ1) is 14.8. The molecule has 3 N–H and O–H groups in total. The van der Waals surface area contributed by atoms with Crippen LogP contribution in [0.15, 0.2) is 28.8 Å². The number of nitrogens with zero attached hydrogens (tertiary/aromatic N) is 1. The van der Waals surface area contributed by atoms with E-state index in [0.29, 0.717) is 0 Å². The molecule has 0 bridgehead atoms. The number of carbonyl (C=O) groups excluding carboxylic acids is 1. The van der Waals surface area contributed by atoms with E-state index in [-0.39, 0.29) is 22.8 Å². The number of benzene rings is 1. The lowest BCUT2D eigenvalue weighted by Crippen LogP contribution is -2.27. The summed E-state index contributed by atoms with van der Waals surface area (Å²) in [4.78, 5) is 11.6.